The van der Waals surface area contributed by atoms with Crippen LogP contribution >= 0.6 is 0 Å². The molecule has 3 heterocycles. The Hall–Kier alpha value is -4.17. The van der Waals surface area contributed by atoms with Crippen LogP contribution in [0.2, 0.25) is 0 Å². The van der Waals surface area contributed by atoms with E-state index in [2.05, 4.69) is 21.1 Å². The second kappa shape index (κ2) is 14.3. The second-order valence-electron chi connectivity index (χ2n) is 14.3. The molecule has 1 fully saturated rings. The number of amides is 3. The lowest BCUT2D eigenvalue weighted by molar-refractivity contribution is -0.132. The fraction of sp³-hybridized carbons (Fsp3) is 0.556. The predicted molar refractivity (Wildman–Crippen MR) is 180 cm³/mol. The number of piperidine rings is 1. The van der Waals surface area contributed by atoms with Crippen LogP contribution in [0, 0.1) is 24.1 Å². The van der Waals surface area contributed by atoms with Crippen molar-refractivity contribution in [2.75, 3.05) is 38.1 Å². The molecular weight excluding hydrogens is 601 g/mol. The average molecular weight is 650 g/mol. The Balaban J connectivity index is 1.66. The van der Waals surface area contributed by atoms with Crippen molar-refractivity contribution in [1.29, 1.82) is 0 Å². The maximum atomic E-state index is 14.7. The molecule has 11 heteroatoms. The molecule has 2 aliphatic heterocycles. The van der Waals surface area contributed by atoms with Crippen LogP contribution in [0.1, 0.15) is 77.6 Å². The van der Waals surface area contributed by atoms with Crippen LogP contribution in [0.25, 0.3) is 0 Å². The number of carbonyl (C=O) groups excluding carboxylic acids is 3. The summed E-state index contributed by atoms with van der Waals surface area (Å²) < 4.78 is 19.0. The molecule has 2 aromatic rings. The third kappa shape index (κ3) is 8.41. The van der Waals surface area contributed by atoms with Crippen LogP contribution in [0.15, 0.2) is 35.1 Å². The molecule has 0 saturated carbocycles. The van der Waals surface area contributed by atoms with Gasteiger partial charge in [-0.3, -0.25) is 24.2 Å². The first-order valence-electron chi connectivity index (χ1n) is 16.3. The highest BCUT2D eigenvalue weighted by molar-refractivity contribution is 6.02. The molecule has 0 unspecified atom stereocenters. The molecule has 0 bridgehead atoms. The number of hydrogen-bond acceptors (Lipinski definition) is 6. The van der Waals surface area contributed by atoms with Gasteiger partial charge in [0.25, 0.3) is 5.56 Å². The van der Waals surface area contributed by atoms with Gasteiger partial charge in [0.1, 0.15) is 23.5 Å². The first kappa shape index (κ1) is 35.7. The van der Waals surface area contributed by atoms with Gasteiger partial charge in [-0.05, 0) is 82.8 Å². The van der Waals surface area contributed by atoms with Crippen LogP contribution in [-0.4, -0.2) is 83.6 Å². The number of likely N-dealkylation sites (N-methyl/N-ethyl adjacent to an activating group) is 1. The molecule has 0 aliphatic carbocycles. The molecule has 1 aromatic carbocycles. The molecule has 2 N–H and O–H groups in total. The van der Waals surface area contributed by atoms with Crippen LogP contribution < -0.4 is 15.8 Å². The van der Waals surface area contributed by atoms with Crippen LogP contribution in [0.4, 0.5) is 14.9 Å². The van der Waals surface area contributed by atoms with Gasteiger partial charge in [0.2, 0.25) is 11.8 Å². The molecule has 3 amide bonds. The number of H-pyrrole nitrogens is 1. The zero-order chi connectivity index (χ0) is 34.7. The van der Waals surface area contributed by atoms with E-state index in [0.29, 0.717) is 62.4 Å². The van der Waals surface area contributed by atoms with Crippen LogP contribution in [0.3, 0.4) is 0 Å². The second-order valence-corrected chi connectivity index (χ2v) is 14.3. The molecule has 47 heavy (non-hydrogen) atoms. The summed E-state index contributed by atoms with van der Waals surface area (Å²) in [5.74, 6) is 1.41. The number of benzene rings is 1. The van der Waals surface area contributed by atoms with Crippen molar-refractivity contribution in [3.05, 3.63) is 63.3 Å². The van der Waals surface area contributed by atoms with Crippen LogP contribution in [-0.2, 0) is 26.2 Å². The Morgan fingerprint density at radius 2 is 1.83 bits per heavy atom. The van der Waals surface area contributed by atoms with Crippen molar-refractivity contribution in [3.8, 4) is 12.3 Å². The Morgan fingerprint density at radius 3 is 2.40 bits per heavy atom. The minimum Gasteiger partial charge on any atom is -0.444 e. The summed E-state index contributed by atoms with van der Waals surface area (Å²) in [5.41, 5.74) is 0.859. The summed E-state index contributed by atoms with van der Waals surface area (Å²) in [6, 6.07) is 5.96. The highest BCUT2D eigenvalue weighted by atomic mass is 19.1. The summed E-state index contributed by atoms with van der Waals surface area (Å²) in [5, 5.41) is 3.04. The Labute approximate surface area is 277 Å². The van der Waals surface area contributed by atoms with E-state index in [0.717, 1.165) is 5.56 Å². The first-order valence-corrected chi connectivity index (χ1v) is 16.3. The molecule has 0 spiro atoms. The monoisotopic (exact) mass is 649 g/mol. The van der Waals surface area contributed by atoms with Gasteiger partial charge in [-0.2, -0.15) is 0 Å². The lowest BCUT2D eigenvalue weighted by Crippen LogP contribution is -2.58. The quantitative estimate of drug-likeness (QED) is 0.394. The SMILES string of the molecule is C#CCN1CCC([C@H](NC(=O)[C@H](CC)N(C)C(=O)OC(C)(C)C)C(=O)N2CC(C)(C)c3[nH]c(=O)c(Cc4ccc(F)cc4)cc32)CC1. The lowest BCUT2D eigenvalue weighted by Gasteiger charge is -2.38. The number of aromatic nitrogens is 1. The number of nitrogens with one attached hydrogen (secondary N) is 2. The summed E-state index contributed by atoms with van der Waals surface area (Å²) in [7, 11) is 1.52. The van der Waals surface area contributed by atoms with E-state index in [1.54, 1.807) is 50.8 Å². The summed E-state index contributed by atoms with van der Waals surface area (Å²) >= 11 is 0. The fourth-order valence-electron chi connectivity index (χ4n) is 6.47. The number of terminal acetylenes is 1. The summed E-state index contributed by atoms with van der Waals surface area (Å²) in [6.07, 6.45) is 6.78. The number of aromatic amines is 1. The molecule has 0 radical (unpaired) electrons. The molecule has 1 aromatic heterocycles. The number of anilines is 1. The van der Waals surface area contributed by atoms with E-state index in [9.17, 15) is 23.6 Å². The number of rotatable bonds is 9. The van der Waals surface area contributed by atoms with Crippen LogP contribution in [0.5, 0.6) is 0 Å². The minimum absolute atomic E-state index is 0.182. The number of likely N-dealkylation sites (tertiary alicyclic amines) is 1. The molecular formula is C36H48FN5O5. The molecule has 10 nitrogen and oxygen atoms in total. The third-order valence-corrected chi connectivity index (χ3v) is 9.01. The zero-order valence-corrected chi connectivity index (χ0v) is 28.6. The number of halogens is 1. The van der Waals surface area contributed by atoms with Crippen molar-refractivity contribution in [2.24, 2.45) is 5.92 Å². The Bertz CT molecular complexity index is 1560. The molecule has 2 aliphatic rings. The average Bonchev–Trinajstić information content (AvgIpc) is 3.26. The Morgan fingerprint density at radius 1 is 1.19 bits per heavy atom. The summed E-state index contributed by atoms with van der Waals surface area (Å²) in [6.45, 7) is 13.2. The van der Waals surface area contributed by atoms with Crippen molar-refractivity contribution in [2.45, 2.75) is 90.3 Å². The number of fused-ring (bicyclic) bond motifs is 1. The normalized spacial score (nSPS) is 17.7. The van der Waals surface area contributed by atoms with E-state index < -0.39 is 35.1 Å². The number of carbonyl (C=O) groups is 3. The highest BCUT2D eigenvalue weighted by Gasteiger charge is 2.44. The summed E-state index contributed by atoms with van der Waals surface area (Å²) in [4.78, 5) is 62.7. The van der Waals surface area contributed by atoms with Gasteiger partial charge in [0, 0.05) is 36.7 Å². The van der Waals surface area contributed by atoms with E-state index in [1.165, 1.54) is 24.1 Å². The topological polar surface area (TPSA) is 115 Å². The number of nitrogens with zero attached hydrogens (tertiary/aromatic N) is 3. The van der Waals surface area contributed by atoms with Gasteiger partial charge in [0.15, 0.2) is 0 Å². The number of ether oxygens (including phenoxy) is 1. The molecule has 4 rings (SSSR count). The fourth-order valence-corrected chi connectivity index (χ4v) is 6.47. The third-order valence-electron chi connectivity index (χ3n) is 9.01. The first-order chi connectivity index (χ1) is 22.0. The maximum Gasteiger partial charge on any atom is 0.410 e. The van der Waals surface area contributed by atoms with Gasteiger partial charge in [0.05, 0.1) is 12.2 Å². The zero-order valence-electron chi connectivity index (χ0n) is 28.6. The smallest absolute Gasteiger partial charge is 0.410 e. The molecule has 254 valence electrons. The van der Waals surface area contributed by atoms with Crippen molar-refractivity contribution in [1.82, 2.24) is 20.1 Å². The number of pyridine rings is 1. The van der Waals surface area contributed by atoms with Gasteiger partial charge in [-0.25, -0.2) is 9.18 Å². The van der Waals surface area contributed by atoms with Gasteiger partial charge in [-0.15, -0.1) is 6.42 Å². The molecule has 2 atom stereocenters. The van der Waals surface area contributed by atoms with E-state index in [1.807, 2.05) is 13.8 Å². The lowest BCUT2D eigenvalue weighted by atomic mass is 9.87. The minimum atomic E-state index is -0.884. The van der Waals surface area contributed by atoms with E-state index >= 15 is 0 Å². The number of hydrogen-bond donors (Lipinski definition) is 2. The van der Waals surface area contributed by atoms with Gasteiger partial charge >= 0.3 is 6.09 Å². The van der Waals surface area contributed by atoms with Crippen molar-refractivity contribution >= 4 is 23.6 Å². The maximum absolute atomic E-state index is 14.7. The highest BCUT2D eigenvalue weighted by Crippen LogP contribution is 2.40. The largest absolute Gasteiger partial charge is 0.444 e. The van der Waals surface area contributed by atoms with Crippen molar-refractivity contribution in [3.63, 3.8) is 0 Å². The predicted octanol–water partition coefficient (Wildman–Crippen LogP) is 4.20. The Kier molecular flexibility index (Phi) is 10.9. The molecule has 1 saturated heterocycles. The van der Waals surface area contributed by atoms with Gasteiger partial charge < -0.3 is 19.9 Å². The van der Waals surface area contributed by atoms with E-state index in [-0.39, 0.29) is 29.6 Å². The standard InChI is InChI=1S/C36H48FN5O5/c1-9-17-41-18-15-24(16-19-41)29(38-32(44)27(10-2)40(8)34(46)47-35(3,4)5)33(45)42-22-36(6,7)30-28(42)21-25(31(43)39-30)20-23-11-13-26(37)14-12-23/h1,11-14,21,24,27,29H,10,15-20,22H2,2-8H3,(H,38,44)(H,39,43)/t27-,29-/m0/s1. The van der Waals surface area contributed by atoms with Gasteiger partial charge in [-0.1, -0.05) is 38.8 Å². The van der Waals surface area contributed by atoms with Crippen molar-refractivity contribution < 1.29 is 23.5 Å². The van der Waals surface area contributed by atoms with E-state index in [4.69, 9.17) is 11.2 Å².